The van der Waals surface area contributed by atoms with Crippen LogP contribution in [0.3, 0.4) is 0 Å². The van der Waals surface area contributed by atoms with Gasteiger partial charge in [0.1, 0.15) is 0 Å². The van der Waals surface area contributed by atoms with E-state index in [0.717, 1.165) is 5.56 Å². The van der Waals surface area contributed by atoms with E-state index in [1.807, 2.05) is 6.92 Å². The first kappa shape index (κ1) is 10.8. The van der Waals surface area contributed by atoms with Crippen molar-refractivity contribution in [3.05, 3.63) is 58.4 Å². The fourth-order valence-corrected chi connectivity index (χ4v) is 1.50. The number of rotatable bonds is 2. The van der Waals surface area contributed by atoms with E-state index in [9.17, 15) is 4.79 Å². The number of ketones is 1. The highest BCUT2D eigenvalue weighted by Gasteiger charge is 2.11. The molecule has 0 aliphatic rings. The number of halogens is 1. The standard InChI is InChI=1S/C12H9ClN2O/c1-8-6-14-15-7-11(8)12(16)9-2-4-10(13)5-3-9/h2-7H,1H3. The summed E-state index contributed by atoms with van der Waals surface area (Å²) in [4.78, 5) is 12.1. The van der Waals surface area contributed by atoms with Crippen LogP contribution in [0.15, 0.2) is 36.7 Å². The van der Waals surface area contributed by atoms with E-state index in [2.05, 4.69) is 10.2 Å². The molecule has 2 aromatic rings. The molecular formula is C12H9ClN2O. The van der Waals surface area contributed by atoms with E-state index in [0.29, 0.717) is 16.1 Å². The molecular weight excluding hydrogens is 224 g/mol. The van der Waals surface area contributed by atoms with Crippen LogP contribution in [0, 0.1) is 6.92 Å². The largest absolute Gasteiger partial charge is 0.289 e. The Morgan fingerprint density at radius 2 is 1.75 bits per heavy atom. The molecule has 0 aliphatic carbocycles. The quantitative estimate of drug-likeness (QED) is 0.748. The minimum Gasteiger partial charge on any atom is -0.289 e. The lowest BCUT2D eigenvalue weighted by atomic mass is 10.0. The van der Waals surface area contributed by atoms with E-state index >= 15 is 0 Å². The smallest absolute Gasteiger partial charge is 0.194 e. The first-order valence-corrected chi connectivity index (χ1v) is 5.14. The van der Waals surface area contributed by atoms with E-state index in [4.69, 9.17) is 11.6 Å². The van der Waals surface area contributed by atoms with Crippen molar-refractivity contribution in [3.8, 4) is 0 Å². The molecule has 80 valence electrons. The molecule has 0 atom stereocenters. The Morgan fingerprint density at radius 3 is 2.38 bits per heavy atom. The molecule has 0 radical (unpaired) electrons. The summed E-state index contributed by atoms with van der Waals surface area (Å²) in [6.45, 7) is 1.83. The topological polar surface area (TPSA) is 42.9 Å². The molecule has 3 nitrogen and oxygen atoms in total. The van der Waals surface area contributed by atoms with Gasteiger partial charge >= 0.3 is 0 Å². The molecule has 0 bridgehead atoms. The zero-order chi connectivity index (χ0) is 11.5. The number of aryl methyl sites for hydroxylation is 1. The Labute approximate surface area is 98.1 Å². The number of nitrogens with zero attached hydrogens (tertiary/aromatic N) is 2. The third-order valence-electron chi connectivity index (χ3n) is 2.28. The maximum absolute atomic E-state index is 12.1. The van der Waals surface area contributed by atoms with E-state index in [-0.39, 0.29) is 5.78 Å². The van der Waals surface area contributed by atoms with Crippen molar-refractivity contribution in [1.82, 2.24) is 10.2 Å². The monoisotopic (exact) mass is 232 g/mol. The molecule has 0 saturated heterocycles. The maximum Gasteiger partial charge on any atom is 0.194 e. The highest BCUT2D eigenvalue weighted by atomic mass is 35.5. The van der Waals surface area contributed by atoms with Crippen LogP contribution in [0.1, 0.15) is 21.5 Å². The maximum atomic E-state index is 12.1. The van der Waals surface area contributed by atoms with Gasteiger partial charge < -0.3 is 0 Å². The second kappa shape index (κ2) is 4.41. The normalized spacial score (nSPS) is 10.1. The van der Waals surface area contributed by atoms with Crippen molar-refractivity contribution in [1.29, 1.82) is 0 Å². The Bertz CT molecular complexity index is 523. The van der Waals surface area contributed by atoms with Crippen LogP contribution in [0.2, 0.25) is 5.02 Å². The molecule has 1 heterocycles. The molecule has 0 amide bonds. The van der Waals surface area contributed by atoms with Crippen molar-refractivity contribution in [2.75, 3.05) is 0 Å². The van der Waals surface area contributed by atoms with Gasteiger partial charge in [-0.2, -0.15) is 10.2 Å². The second-order valence-corrected chi connectivity index (χ2v) is 3.86. The number of carbonyl (C=O) groups is 1. The molecule has 1 aromatic carbocycles. The lowest BCUT2D eigenvalue weighted by Crippen LogP contribution is -2.04. The third-order valence-corrected chi connectivity index (χ3v) is 2.53. The fraction of sp³-hybridized carbons (Fsp3) is 0.0833. The molecule has 0 saturated carbocycles. The number of aromatic nitrogens is 2. The summed E-state index contributed by atoms with van der Waals surface area (Å²) in [6, 6.07) is 6.78. The highest BCUT2D eigenvalue weighted by Crippen LogP contribution is 2.14. The Balaban J connectivity index is 2.40. The highest BCUT2D eigenvalue weighted by molar-refractivity contribution is 6.30. The average molecular weight is 233 g/mol. The van der Waals surface area contributed by atoms with Gasteiger partial charge in [-0.25, -0.2) is 0 Å². The summed E-state index contributed by atoms with van der Waals surface area (Å²) < 4.78 is 0. The summed E-state index contributed by atoms with van der Waals surface area (Å²) >= 11 is 5.76. The third kappa shape index (κ3) is 2.09. The summed E-state index contributed by atoms with van der Waals surface area (Å²) in [5.74, 6) is -0.0657. The van der Waals surface area contributed by atoms with Crippen molar-refractivity contribution < 1.29 is 4.79 Å². The minimum absolute atomic E-state index is 0.0657. The molecule has 0 unspecified atom stereocenters. The van der Waals surface area contributed by atoms with Crippen LogP contribution in [0.5, 0.6) is 0 Å². The predicted octanol–water partition coefficient (Wildman–Crippen LogP) is 2.67. The van der Waals surface area contributed by atoms with Gasteiger partial charge in [-0.3, -0.25) is 4.79 Å². The van der Waals surface area contributed by atoms with Crippen LogP contribution in [0.4, 0.5) is 0 Å². The van der Waals surface area contributed by atoms with Crippen LogP contribution < -0.4 is 0 Å². The summed E-state index contributed by atoms with van der Waals surface area (Å²) in [7, 11) is 0. The van der Waals surface area contributed by atoms with Crippen molar-refractivity contribution in [3.63, 3.8) is 0 Å². The van der Waals surface area contributed by atoms with Crippen molar-refractivity contribution in [2.45, 2.75) is 6.92 Å². The molecule has 4 heteroatoms. The van der Waals surface area contributed by atoms with Gasteiger partial charge in [-0.15, -0.1) is 0 Å². The first-order chi connectivity index (χ1) is 7.68. The molecule has 16 heavy (non-hydrogen) atoms. The molecule has 0 aliphatic heterocycles. The van der Waals surface area contributed by atoms with Crippen LogP contribution in [-0.4, -0.2) is 16.0 Å². The van der Waals surface area contributed by atoms with Gasteiger partial charge in [0.2, 0.25) is 0 Å². The number of benzene rings is 1. The van der Waals surface area contributed by atoms with E-state index in [1.54, 1.807) is 30.5 Å². The van der Waals surface area contributed by atoms with Gasteiger partial charge in [-0.1, -0.05) is 11.6 Å². The average Bonchev–Trinajstić information content (AvgIpc) is 2.30. The molecule has 0 fully saturated rings. The Kier molecular flexibility index (Phi) is 2.97. The zero-order valence-electron chi connectivity index (χ0n) is 8.64. The predicted molar refractivity (Wildman–Crippen MR) is 61.7 cm³/mol. The lowest BCUT2D eigenvalue weighted by Gasteiger charge is -2.03. The summed E-state index contributed by atoms with van der Waals surface area (Å²) in [6.07, 6.45) is 3.05. The minimum atomic E-state index is -0.0657. The van der Waals surface area contributed by atoms with Gasteiger partial charge in [-0.05, 0) is 36.8 Å². The number of carbonyl (C=O) groups excluding carboxylic acids is 1. The Morgan fingerprint density at radius 1 is 1.12 bits per heavy atom. The molecule has 2 rings (SSSR count). The number of hydrogen-bond donors (Lipinski definition) is 0. The van der Waals surface area contributed by atoms with E-state index < -0.39 is 0 Å². The molecule has 0 spiro atoms. The van der Waals surface area contributed by atoms with Crippen molar-refractivity contribution >= 4 is 17.4 Å². The van der Waals surface area contributed by atoms with Crippen LogP contribution >= 0.6 is 11.6 Å². The molecule has 1 aromatic heterocycles. The van der Waals surface area contributed by atoms with Gasteiger partial charge in [0, 0.05) is 16.1 Å². The Hall–Kier alpha value is -1.74. The second-order valence-electron chi connectivity index (χ2n) is 3.42. The van der Waals surface area contributed by atoms with Gasteiger partial charge in [0.05, 0.1) is 12.4 Å². The van der Waals surface area contributed by atoms with Crippen LogP contribution in [0.25, 0.3) is 0 Å². The summed E-state index contributed by atoms with van der Waals surface area (Å²) in [5, 5.41) is 8.04. The molecule has 0 N–H and O–H groups in total. The van der Waals surface area contributed by atoms with Gasteiger partial charge in [0.15, 0.2) is 5.78 Å². The zero-order valence-corrected chi connectivity index (χ0v) is 9.40. The lowest BCUT2D eigenvalue weighted by molar-refractivity contribution is 0.103. The SMILES string of the molecule is Cc1cnncc1C(=O)c1ccc(Cl)cc1. The van der Waals surface area contributed by atoms with Crippen LogP contribution in [-0.2, 0) is 0 Å². The first-order valence-electron chi connectivity index (χ1n) is 4.76. The number of hydrogen-bond acceptors (Lipinski definition) is 3. The van der Waals surface area contributed by atoms with E-state index in [1.165, 1.54) is 6.20 Å². The van der Waals surface area contributed by atoms with Crippen molar-refractivity contribution in [2.24, 2.45) is 0 Å². The summed E-state index contributed by atoms with van der Waals surface area (Å²) in [5.41, 5.74) is 1.98. The van der Waals surface area contributed by atoms with Gasteiger partial charge in [0.25, 0.3) is 0 Å². The fourth-order valence-electron chi connectivity index (χ4n) is 1.38.